The molecule has 0 unspecified atom stereocenters. The van der Waals surface area contributed by atoms with Crippen LogP contribution in [0.4, 0.5) is 11.4 Å². The Balaban J connectivity index is 1.98. The predicted molar refractivity (Wildman–Crippen MR) is 113 cm³/mol. The molecule has 156 valence electrons. The molecule has 1 aliphatic rings. The Hall–Kier alpha value is -2.39. The van der Waals surface area contributed by atoms with E-state index in [4.69, 9.17) is 0 Å². The summed E-state index contributed by atoms with van der Waals surface area (Å²) in [6, 6.07) is 9.47. The molecular weight excluding hydrogens is 412 g/mol. The zero-order valence-electron chi connectivity index (χ0n) is 17.0. The van der Waals surface area contributed by atoms with Crippen LogP contribution in [0.1, 0.15) is 30.5 Å². The first-order chi connectivity index (χ1) is 13.2. The Morgan fingerprint density at radius 2 is 1.66 bits per heavy atom. The fraction of sp³-hybridized carbons (Fsp3) is 0.350. The predicted octanol–water partition coefficient (Wildman–Crippen LogP) is 3.12. The summed E-state index contributed by atoms with van der Waals surface area (Å²) in [5.41, 5.74) is 1.74. The second-order valence-electron chi connectivity index (χ2n) is 8.08. The minimum absolute atomic E-state index is 0.0181. The molecule has 0 aromatic heterocycles. The van der Waals surface area contributed by atoms with Crippen molar-refractivity contribution in [1.82, 2.24) is 0 Å². The van der Waals surface area contributed by atoms with Crippen LogP contribution >= 0.6 is 0 Å². The third kappa shape index (κ3) is 3.89. The summed E-state index contributed by atoms with van der Waals surface area (Å²) in [5.74, 6) is -0.812. The molecule has 0 bridgehead atoms. The van der Waals surface area contributed by atoms with Gasteiger partial charge in [0.1, 0.15) is 0 Å². The van der Waals surface area contributed by atoms with Gasteiger partial charge >= 0.3 is 0 Å². The fourth-order valence-corrected chi connectivity index (χ4v) is 6.91. The van der Waals surface area contributed by atoms with Crippen molar-refractivity contribution in [2.75, 3.05) is 14.8 Å². The zero-order valence-corrected chi connectivity index (χ0v) is 18.6. The third-order valence-corrected chi connectivity index (χ3v) is 8.44. The smallest absolute Gasteiger partial charge is 0.262 e. The highest BCUT2D eigenvalue weighted by Gasteiger charge is 2.50. The number of anilines is 2. The summed E-state index contributed by atoms with van der Waals surface area (Å²) in [6.45, 7) is 8.45. The number of nitrogens with one attached hydrogen (secondary N) is 1. The Labute approximate surface area is 171 Å². The van der Waals surface area contributed by atoms with Crippen molar-refractivity contribution >= 4 is 37.3 Å². The molecule has 9 heteroatoms. The van der Waals surface area contributed by atoms with Crippen LogP contribution in [0.15, 0.2) is 41.3 Å². The van der Waals surface area contributed by atoms with Crippen molar-refractivity contribution in [3.8, 4) is 0 Å². The van der Waals surface area contributed by atoms with Crippen molar-refractivity contribution in [2.45, 2.75) is 39.5 Å². The Morgan fingerprint density at radius 1 is 1.00 bits per heavy atom. The number of sulfonamides is 2. The summed E-state index contributed by atoms with van der Waals surface area (Å²) in [7, 11) is -7.69. The summed E-state index contributed by atoms with van der Waals surface area (Å²) in [6.07, 6.45) is 0. The van der Waals surface area contributed by atoms with Gasteiger partial charge in [-0.25, -0.2) is 21.1 Å². The van der Waals surface area contributed by atoms with Crippen molar-refractivity contribution in [3.63, 3.8) is 0 Å². The van der Waals surface area contributed by atoms with Crippen LogP contribution in [0.3, 0.4) is 0 Å². The second kappa shape index (κ2) is 6.84. The van der Waals surface area contributed by atoms with Crippen LogP contribution in [0.25, 0.3) is 0 Å². The standard InChI is InChI=1S/C20H24N2O5S2/c1-13-6-8-17(14(2)10-13)21-29(26,27)18-9-7-16(11-15(18)3)22-19(23)20(4,5)12-28(22,24)25/h6-11,21H,12H2,1-5H3. The highest BCUT2D eigenvalue weighted by atomic mass is 32.2. The summed E-state index contributed by atoms with van der Waals surface area (Å²) in [4.78, 5) is 12.6. The lowest BCUT2D eigenvalue weighted by Gasteiger charge is -2.19. The van der Waals surface area contributed by atoms with E-state index >= 15 is 0 Å². The Kier molecular flexibility index (Phi) is 5.03. The van der Waals surface area contributed by atoms with E-state index in [-0.39, 0.29) is 16.3 Å². The van der Waals surface area contributed by atoms with E-state index < -0.39 is 31.4 Å². The Morgan fingerprint density at radius 3 is 2.17 bits per heavy atom. The molecule has 3 rings (SSSR count). The number of carbonyl (C=O) groups excluding carboxylic acids is 1. The molecule has 1 heterocycles. The van der Waals surface area contributed by atoms with Gasteiger partial charge in [-0.15, -0.1) is 0 Å². The molecule has 1 aliphatic heterocycles. The minimum Gasteiger partial charge on any atom is -0.279 e. The number of benzene rings is 2. The van der Waals surface area contributed by atoms with Gasteiger partial charge < -0.3 is 0 Å². The van der Waals surface area contributed by atoms with Crippen molar-refractivity contribution in [2.24, 2.45) is 5.41 Å². The normalized spacial score (nSPS) is 18.1. The van der Waals surface area contributed by atoms with Crippen molar-refractivity contribution < 1.29 is 21.6 Å². The average molecular weight is 437 g/mol. The number of aryl methyl sites for hydroxylation is 3. The first kappa shape index (κ1) is 21.3. The zero-order chi connectivity index (χ0) is 21.8. The summed E-state index contributed by atoms with van der Waals surface area (Å²) in [5, 5.41) is 0. The van der Waals surface area contributed by atoms with Crippen molar-refractivity contribution in [1.29, 1.82) is 0 Å². The molecule has 1 N–H and O–H groups in total. The number of carbonyl (C=O) groups is 1. The van der Waals surface area contributed by atoms with E-state index in [1.54, 1.807) is 26.8 Å². The maximum atomic E-state index is 12.9. The molecule has 1 saturated heterocycles. The van der Waals surface area contributed by atoms with Crippen LogP contribution in [0.5, 0.6) is 0 Å². The first-order valence-electron chi connectivity index (χ1n) is 9.03. The lowest BCUT2D eigenvalue weighted by Crippen LogP contribution is -2.33. The van der Waals surface area contributed by atoms with E-state index in [0.717, 1.165) is 15.4 Å². The largest absolute Gasteiger partial charge is 0.279 e. The molecule has 2 aromatic carbocycles. The maximum absolute atomic E-state index is 12.9. The van der Waals surface area contributed by atoms with E-state index in [1.807, 2.05) is 26.0 Å². The van der Waals surface area contributed by atoms with Crippen LogP contribution in [0.2, 0.25) is 0 Å². The van der Waals surface area contributed by atoms with E-state index in [0.29, 0.717) is 11.3 Å². The van der Waals surface area contributed by atoms with Gasteiger partial charge in [-0.1, -0.05) is 17.7 Å². The lowest BCUT2D eigenvalue weighted by atomic mass is 9.95. The molecule has 0 radical (unpaired) electrons. The SMILES string of the molecule is Cc1ccc(NS(=O)(=O)c2ccc(N3C(=O)C(C)(C)CS3(=O)=O)cc2C)c(C)c1. The number of nitrogens with zero attached hydrogens (tertiary/aromatic N) is 1. The average Bonchev–Trinajstić information content (AvgIpc) is 2.72. The summed E-state index contributed by atoms with van der Waals surface area (Å²) < 4.78 is 54.0. The molecule has 0 spiro atoms. The van der Waals surface area contributed by atoms with Crippen LogP contribution in [0, 0.1) is 26.2 Å². The molecule has 0 aliphatic carbocycles. The van der Waals surface area contributed by atoms with E-state index in [9.17, 15) is 21.6 Å². The van der Waals surface area contributed by atoms with Gasteiger partial charge in [0, 0.05) is 0 Å². The molecule has 0 atom stereocenters. The van der Waals surface area contributed by atoms with Crippen LogP contribution in [-0.4, -0.2) is 28.5 Å². The Bertz CT molecular complexity index is 1220. The third-order valence-electron chi connectivity index (χ3n) is 4.89. The van der Waals surface area contributed by atoms with Crippen LogP contribution < -0.4 is 9.03 Å². The van der Waals surface area contributed by atoms with Gasteiger partial charge in [-0.2, -0.15) is 0 Å². The fourth-order valence-electron chi connectivity index (χ4n) is 3.45. The molecule has 29 heavy (non-hydrogen) atoms. The second-order valence-corrected chi connectivity index (χ2v) is 11.6. The number of rotatable bonds is 4. The van der Waals surface area contributed by atoms with E-state index in [1.165, 1.54) is 18.2 Å². The maximum Gasteiger partial charge on any atom is 0.262 e. The van der Waals surface area contributed by atoms with Gasteiger partial charge in [-0.3, -0.25) is 9.52 Å². The topological polar surface area (TPSA) is 101 Å². The van der Waals surface area contributed by atoms with Gasteiger partial charge in [0.2, 0.25) is 15.9 Å². The highest BCUT2D eigenvalue weighted by molar-refractivity contribution is 7.94. The molecule has 7 nitrogen and oxygen atoms in total. The van der Waals surface area contributed by atoms with Gasteiger partial charge in [0.05, 0.1) is 27.4 Å². The first-order valence-corrected chi connectivity index (χ1v) is 12.1. The number of amides is 1. The van der Waals surface area contributed by atoms with E-state index in [2.05, 4.69) is 4.72 Å². The molecule has 1 amide bonds. The molecule has 0 saturated carbocycles. The van der Waals surface area contributed by atoms with Crippen molar-refractivity contribution in [3.05, 3.63) is 53.1 Å². The highest BCUT2D eigenvalue weighted by Crippen LogP contribution is 2.37. The molecule has 2 aromatic rings. The minimum atomic E-state index is -3.89. The number of hydrogen-bond acceptors (Lipinski definition) is 5. The van der Waals surface area contributed by atoms with Gasteiger partial charge in [0.25, 0.3) is 10.0 Å². The van der Waals surface area contributed by atoms with Gasteiger partial charge in [0.15, 0.2) is 0 Å². The number of hydrogen-bond donors (Lipinski definition) is 1. The summed E-state index contributed by atoms with van der Waals surface area (Å²) >= 11 is 0. The van der Waals surface area contributed by atoms with Crippen LogP contribution in [-0.2, 0) is 24.8 Å². The van der Waals surface area contributed by atoms with Gasteiger partial charge in [-0.05, 0) is 70.0 Å². The molecule has 1 fully saturated rings. The lowest BCUT2D eigenvalue weighted by molar-refractivity contribution is -0.123. The molecular formula is C20H24N2O5S2. The quantitative estimate of drug-likeness (QED) is 0.794. The monoisotopic (exact) mass is 436 g/mol.